The van der Waals surface area contributed by atoms with Crippen molar-refractivity contribution in [1.29, 1.82) is 0 Å². The minimum Gasteiger partial charge on any atom is -0.467 e. The van der Waals surface area contributed by atoms with Gasteiger partial charge in [0.15, 0.2) is 23.1 Å². The van der Waals surface area contributed by atoms with Gasteiger partial charge in [-0.1, -0.05) is 168 Å². The van der Waals surface area contributed by atoms with E-state index in [0.717, 1.165) is 60.1 Å². The van der Waals surface area contributed by atoms with E-state index >= 15 is 13.2 Å². The first-order valence-electron chi connectivity index (χ1n) is 24.3. The van der Waals surface area contributed by atoms with Gasteiger partial charge in [-0.05, 0) is 70.5 Å². The highest BCUT2D eigenvalue weighted by molar-refractivity contribution is 9.10. The molecule has 3 aliphatic carbocycles. The molecule has 2 heterocycles. The van der Waals surface area contributed by atoms with E-state index in [9.17, 15) is 19.5 Å². The molecule has 0 aliphatic heterocycles. The van der Waals surface area contributed by atoms with Crippen molar-refractivity contribution in [1.82, 2.24) is 19.9 Å². The van der Waals surface area contributed by atoms with Gasteiger partial charge >= 0.3 is 11.9 Å². The average Bonchev–Trinajstić information content (AvgIpc) is 4.45. The maximum atomic E-state index is 15.6. The van der Waals surface area contributed by atoms with E-state index < -0.39 is 76.8 Å². The van der Waals surface area contributed by atoms with Crippen molar-refractivity contribution in [2.75, 3.05) is 20.8 Å². The number of halogens is 4. The van der Waals surface area contributed by atoms with Crippen LogP contribution in [-0.4, -0.2) is 80.6 Å². The molecule has 0 bridgehead atoms. The Bertz CT molecular complexity index is 3110. The first-order valence-corrected chi connectivity index (χ1v) is 25.0. The van der Waals surface area contributed by atoms with Crippen LogP contribution in [0.15, 0.2) is 193 Å². The Balaban J connectivity index is 0.000000139. The van der Waals surface area contributed by atoms with E-state index in [1.54, 1.807) is 24.8 Å². The fraction of sp³-hybridized carbons (Fsp3) is 0.230. The van der Waals surface area contributed by atoms with Gasteiger partial charge in [0.25, 0.3) is 0 Å². The van der Waals surface area contributed by atoms with Crippen molar-refractivity contribution in [3.8, 4) is 22.8 Å². The molecular weight excluding hydrogens is 1020 g/mol. The van der Waals surface area contributed by atoms with E-state index in [1.165, 1.54) is 14.2 Å². The lowest BCUT2D eigenvalue weighted by Crippen LogP contribution is -2.24. The van der Waals surface area contributed by atoms with Crippen LogP contribution in [0.5, 0.6) is 0 Å². The first-order chi connectivity index (χ1) is 36.2. The van der Waals surface area contributed by atoms with Crippen LogP contribution in [0, 0.1) is 13.8 Å². The second-order valence-corrected chi connectivity index (χ2v) is 19.8. The summed E-state index contributed by atoms with van der Waals surface area (Å²) in [4.78, 5) is 53.5. The summed E-state index contributed by atoms with van der Waals surface area (Å²) in [6.45, 7) is 3.05. The molecular formula is C61H52BrF3N4O6. The fourth-order valence-corrected chi connectivity index (χ4v) is 10.6. The third-order valence-electron chi connectivity index (χ3n) is 14.3. The lowest BCUT2D eigenvalue weighted by molar-refractivity contribution is -0.149. The van der Waals surface area contributed by atoms with Crippen molar-refractivity contribution in [3.05, 3.63) is 238 Å². The highest BCUT2D eigenvalue weighted by atomic mass is 79.9. The number of nitrogens with zero attached hydrogens (tertiary/aromatic N) is 4. The molecule has 1 N–H and O–H groups in total. The number of ether oxygens (including phenoxy) is 2. The Morgan fingerprint density at radius 2 is 0.720 bits per heavy atom. The molecule has 380 valence electrons. The molecule has 0 unspecified atom stereocenters. The van der Waals surface area contributed by atoms with Crippen LogP contribution >= 0.6 is 15.9 Å². The Morgan fingerprint density at radius 3 is 1.00 bits per heavy atom. The highest BCUT2D eigenvalue weighted by Crippen LogP contribution is 2.68. The summed E-state index contributed by atoms with van der Waals surface area (Å²) in [6, 6.07) is 49.7. The van der Waals surface area contributed by atoms with Gasteiger partial charge < -0.3 is 14.6 Å². The van der Waals surface area contributed by atoms with Crippen molar-refractivity contribution >= 4 is 33.7 Å². The largest absolute Gasteiger partial charge is 0.467 e. The van der Waals surface area contributed by atoms with E-state index in [2.05, 4.69) is 40.6 Å². The Morgan fingerprint density at radius 1 is 0.453 bits per heavy atom. The fourth-order valence-electron chi connectivity index (χ4n) is 10.4. The molecule has 0 radical (unpaired) electrons. The van der Waals surface area contributed by atoms with E-state index in [-0.39, 0.29) is 0 Å². The van der Waals surface area contributed by atoms with E-state index in [0.29, 0.717) is 11.6 Å². The number of aliphatic hydroxyl groups excluding tert-OH is 1. The molecule has 8 aromatic rings. The predicted octanol–water partition coefficient (Wildman–Crippen LogP) is 12.0. The van der Waals surface area contributed by atoms with E-state index in [1.807, 2.05) is 178 Å². The topological polar surface area (TPSA) is 141 Å². The molecule has 10 nitrogen and oxygen atoms in total. The number of aliphatic hydroxyl groups is 1. The standard InChI is InChI=1S/2C22H19FN2O2.C17H14BrFO2/c1-14-12-24-20(25-13-14)17-10-8-16(9-11-17)19-18(15-6-4-3-5-7-15)22(19,23)21(26)27-2;1-14-11-24-21(25-12-14)17-9-7-16(8-10-17)20-19(15-5-3-2-4-6-15)22(20,23)18(27)13-26;1-21-16(20)17(19)14(11-5-3-2-4-6-11)15(17)12-7-9-13(18)10-8-12/h3-13,18-19H,1-2H3;2-12,19-20,26H,13H2,1H3;2-10,14-15H,1H3/t18-,19-,22+;19-,20-,22+;14-,15-,17+/m111/s1. The minimum absolute atomic E-state index is 0.493. The zero-order valence-electron chi connectivity index (χ0n) is 41.4. The molecule has 0 amide bonds. The Kier molecular flexibility index (Phi) is 15.1. The number of methoxy groups -OCH3 is 2. The predicted molar refractivity (Wildman–Crippen MR) is 282 cm³/mol. The summed E-state index contributed by atoms with van der Waals surface area (Å²) in [6.07, 6.45) is 7.00. The van der Waals surface area contributed by atoms with Gasteiger partial charge in [0.2, 0.25) is 11.3 Å². The zero-order chi connectivity index (χ0) is 53.1. The molecule has 6 aromatic carbocycles. The number of benzene rings is 6. The molecule has 9 atom stereocenters. The average molecular weight is 1070 g/mol. The molecule has 14 heteroatoms. The molecule has 3 saturated carbocycles. The van der Waals surface area contributed by atoms with Crippen LogP contribution in [0.3, 0.4) is 0 Å². The first kappa shape index (κ1) is 52.2. The van der Waals surface area contributed by atoms with Gasteiger partial charge in [0.1, 0.15) is 6.61 Å². The molecule has 3 fully saturated rings. The van der Waals surface area contributed by atoms with Gasteiger partial charge in [0, 0.05) is 75.9 Å². The number of aryl methyl sites for hydroxylation is 2. The van der Waals surface area contributed by atoms with Crippen molar-refractivity contribution in [2.24, 2.45) is 0 Å². The normalized spacial score (nSPS) is 24.7. The summed E-state index contributed by atoms with van der Waals surface area (Å²) in [5, 5.41) is 9.25. The quantitative estimate of drug-likeness (QED) is 0.118. The van der Waals surface area contributed by atoms with Gasteiger partial charge in [-0.25, -0.2) is 42.7 Å². The smallest absolute Gasteiger partial charge is 0.344 e. The minimum atomic E-state index is -2.07. The number of hydrogen-bond acceptors (Lipinski definition) is 10. The summed E-state index contributed by atoms with van der Waals surface area (Å²) < 4.78 is 56.7. The second-order valence-electron chi connectivity index (χ2n) is 18.9. The monoisotopic (exact) mass is 1070 g/mol. The number of rotatable bonds is 12. The van der Waals surface area contributed by atoms with Crippen LogP contribution < -0.4 is 0 Å². The third-order valence-corrected chi connectivity index (χ3v) is 14.8. The van der Waals surface area contributed by atoms with E-state index in [4.69, 9.17) is 4.74 Å². The molecule has 0 spiro atoms. The SMILES string of the molecule is COC(=O)[C@]1(F)[C@H](c2ccccc2)[C@H]1c1ccc(-c2ncc(C)cn2)cc1.COC(=O)[C@]1(F)[C@H](c2ccccc2)[C@H]1c1ccc(Br)cc1.Cc1cnc(-c2ccc([C@@H]3[C@@H](c4ccccc4)[C@@]3(F)C(=O)CO)cc2)nc1. The number of aromatic nitrogens is 4. The molecule has 11 rings (SSSR count). The van der Waals surface area contributed by atoms with Gasteiger partial charge in [-0.3, -0.25) is 4.79 Å². The molecule has 3 aliphatic rings. The molecule has 2 aromatic heterocycles. The Labute approximate surface area is 441 Å². The molecule has 0 saturated heterocycles. The summed E-state index contributed by atoms with van der Waals surface area (Å²) in [5.41, 5.74) is 2.20. The van der Waals surface area contributed by atoms with Crippen LogP contribution in [0.4, 0.5) is 13.2 Å². The third kappa shape index (κ3) is 10.2. The van der Waals surface area contributed by atoms with Gasteiger partial charge in [-0.15, -0.1) is 0 Å². The number of hydrogen-bond donors (Lipinski definition) is 1. The number of Topliss-reactive ketones (excluding diaryl/α,β-unsaturated/α-hetero) is 1. The Hall–Kier alpha value is -7.68. The lowest BCUT2D eigenvalue weighted by Gasteiger charge is -2.06. The van der Waals surface area contributed by atoms with Crippen LogP contribution in [0.25, 0.3) is 22.8 Å². The summed E-state index contributed by atoms with van der Waals surface area (Å²) in [7, 11) is 2.45. The van der Waals surface area contributed by atoms with Crippen LogP contribution in [0.1, 0.15) is 80.0 Å². The van der Waals surface area contributed by atoms with Gasteiger partial charge in [-0.2, -0.15) is 0 Å². The second kappa shape index (κ2) is 21.7. The summed E-state index contributed by atoms with van der Waals surface area (Å²) in [5.74, 6) is -4.49. The maximum Gasteiger partial charge on any atom is 0.344 e. The van der Waals surface area contributed by atoms with Crippen molar-refractivity contribution < 1.29 is 42.1 Å². The van der Waals surface area contributed by atoms with Crippen molar-refractivity contribution in [2.45, 2.75) is 66.4 Å². The number of alkyl halides is 3. The van der Waals surface area contributed by atoms with Crippen molar-refractivity contribution in [3.63, 3.8) is 0 Å². The lowest BCUT2D eigenvalue weighted by atomic mass is 10.0. The highest BCUT2D eigenvalue weighted by Gasteiger charge is 2.74. The number of carbonyl (C=O) groups is 3. The summed E-state index contributed by atoms with van der Waals surface area (Å²) >= 11 is 3.36. The zero-order valence-corrected chi connectivity index (χ0v) is 42.9. The van der Waals surface area contributed by atoms with Crippen LogP contribution in [-0.2, 0) is 23.9 Å². The van der Waals surface area contributed by atoms with Crippen LogP contribution in [0.2, 0.25) is 0 Å². The van der Waals surface area contributed by atoms with Gasteiger partial charge in [0.05, 0.1) is 14.2 Å². The number of carbonyl (C=O) groups excluding carboxylic acids is 3. The molecule has 75 heavy (non-hydrogen) atoms. The number of esters is 2. The maximum absolute atomic E-state index is 15.6. The number of ketones is 1.